The number of benzene rings is 4. The molecule has 1 aromatic heterocycles. The molecule has 0 saturated heterocycles. The first kappa shape index (κ1) is 25.9. The third-order valence-electron chi connectivity index (χ3n) is 6.21. The Kier molecular flexibility index (Phi) is 7.76. The van der Waals surface area contributed by atoms with Crippen LogP contribution in [0.4, 0.5) is 0 Å². The smallest absolute Gasteiger partial charge is 0.220 e. The van der Waals surface area contributed by atoms with Gasteiger partial charge in [0.1, 0.15) is 23.4 Å². The van der Waals surface area contributed by atoms with Gasteiger partial charge in [-0.25, -0.2) is 0 Å². The number of hydrogen-bond donors (Lipinski definition) is 0. The topological polar surface area (TPSA) is 83.1 Å². The molecule has 0 aliphatic rings. The standard InChI is InChI=1S/C29H25BrN4O3S/c1-19-7-5-11-24(15-19)34-20(2)31-32-29(34)38-28(17-33(35)36)22-13-14-27(26(30)16-22)37-18-23-10-6-9-21-8-3-4-12-25(21)23/h3-16,28H,17-18H2,1-2H3/t28-/m1/s1. The van der Waals surface area contributed by atoms with E-state index in [-0.39, 0.29) is 11.5 Å². The molecule has 0 spiro atoms. The normalized spacial score (nSPS) is 12.0. The number of nitrogens with zero attached hydrogens (tertiary/aromatic N) is 4. The summed E-state index contributed by atoms with van der Waals surface area (Å²) in [6.45, 7) is 4.05. The Balaban J connectivity index is 1.39. The van der Waals surface area contributed by atoms with Crippen molar-refractivity contribution in [1.82, 2.24) is 14.8 Å². The maximum Gasteiger partial charge on any atom is 0.220 e. The fraction of sp³-hybridized carbons (Fsp3) is 0.172. The Morgan fingerprint density at radius 1 is 1.00 bits per heavy atom. The van der Waals surface area contributed by atoms with Crippen molar-refractivity contribution in [2.24, 2.45) is 0 Å². The Bertz CT molecular complexity index is 1620. The molecule has 0 aliphatic carbocycles. The summed E-state index contributed by atoms with van der Waals surface area (Å²) >= 11 is 4.95. The average molecular weight is 590 g/mol. The number of aryl methyl sites for hydroxylation is 2. The minimum absolute atomic E-state index is 0.257. The van der Waals surface area contributed by atoms with Gasteiger partial charge in [-0.3, -0.25) is 14.7 Å². The zero-order valence-electron chi connectivity index (χ0n) is 20.9. The number of ether oxygens (including phenoxy) is 1. The van der Waals surface area contributed by atoms with Gasteiger partial charge in [-0.2, -0.15) is 0 Å². The van der Waals surface area contributed by atoms with Crippen LogP contribution in [0.3, 0.4) is 0 Å². The lowest BCUT2D eigenvalue weighted by Crippen LogP contribution is -2.11. The van der Waals surface area contributed by atoms with Crippen LogP contribution >= 0.6 is 27.7 Å². The second-order valence-corrected chi connectivity index (χ2v) is 11.0. The van der Waals surface area contributed by atoms with Gasteiger partial charge >= 0.3 is 0 Å². The van der Waals surface area contributed by atoms with Crippen molar-refractivity contribution in [2.45, 2.75) is 30.9 Å². The molecule has 5 rings (SSSR count). The summed E-state index contributed by atoms with van der Waals surface area (Å²) in [6, 6.07) is 28.0. The number of rotatable bonds is 9. The van der Waals surface area contributed by atoms with Crippen LogP contribution in [0.25, 0.3) is 16.5 Å². The van der Waals surface area contributed by atoms with Crippen molar-refractivity contribution >= 4 is 38.5 Å². The van der Waals surface area contributed by atoms with Crippen molar-refractivity contribution in [3.05, 3.63) is 122 Å². The SMILES string of the molecule is Cc1cccc(-n2c(C)nnc2S[C@H](C[N+](=O)[O-])c2ccc(OCc3cccc4ccccc34)c(Br)c2)c1. The van der Waals surface area contributed by atoms with E-state index in [1.54, 1.807) is 0 Å². The maximum atomic E-state index is 11.6. The van der Waals surface area contributed by atoms with Gasteiger partial charge in [0.15, 0.2) is 5.16 Å². The van der Waals surface area contributed by atoms with Gasteiger partial charge in [-0.15, -0.1) is 10.2 Å². The molecule has 7 nitrogen and oxygen atoms in total. The number of halogens is 1. The Labute approximate surface area is 233 Å². The second-order valence-electron chi connectivity index (χ2n) is 8.94. The van der Waals surface area contributed by atoms with E-state index >= 15 is 0 Å². The van der Waals surface area contributed by atoms with Crippen LogP contribution in [0.2, 0.25) is 0 Å². The molecule has 192 valence electrons. The highest BCUT2D eigenvalue weighted by molar-refractivity contribution is 9.10. The lowest BCUT2D eigenvalue weighted by molar-refractivity contribution is -0.479. The Morgan fingerprint density at radius 3 is 2.58 bits per heavy atom. The third-order valence-corrected chi connectivity index (χ3v) is 8.01. The summed E-state index contributed by atoms with van der Waals surface area (Å²) in [6.07, 6.45) is 0. The van der Waals surface area contributed by atoms with Gasteiger partial charge in [0.2, 0.25) is 6.54 Å². The van der Waals surface area contributed by atoms with E-state index < -0.39 is 5.25 Å². The predicted molar refractivity (Wildman–Crippen MR) is 154 cm³/mol. The molecule has 0 radical (unpaired) electrons. The number of fused-ring (bicyclic) bond motifs is 1. The lowest BCUT2D eigenvalue weighted by atomic mass is 10.1. The van der Waals surface area contributed by atoms with Gasteiger partial charge in [-0.05, 0) is 81.5 Å². The first-order chi connectivity index (χ1) is 18.4. The third kappa shape index (κ3) is 5.74. The van der Waals surface area contributed by atoms with Crippen LogP contribution in [-0.2, 0) is 6.61 Å². The van der Waals surface area contributed by atoms with Gasteiger partial charge in [0, 0.05) is 10.6 Å². The summed E-state index contributed by atoms with van der Waals surface area (Å²) in [7, 11) is 0. The molecule has 0 aliphatic heterocycles. The molecule has 38 heavy (non-hydrogen) atoms. The van der Waals surface area contributed by atoms with Crippen LogP contribution < -0.4 is 4.74 Å². The molecule has 9 heteroatoms. The second kappa shape index (κ2) is 11.4. The number of thioether (sulfide) groups is 1. The van der Waals surface area contributed by atoms with Crippen LogP contribution in [0, 0.1) is 24.0 Å². The number of nitro groups is 1. The van der Waals surface area contributed by atoms with Crippen molar-refractivity contribution < 1.29 is 9.66 Å². The maximum absolute atomic E-state index is 11.6. The van der Waals surface area contributed by atoms with Crippen molar-refractivity contribution in [3.63, 3.8) is 0 Å². The molecule has 0 bridgehead atoms. The van der Waals surface area contributed by atoms with E-state index in [0.29, 0.717) is 17.5 Å². The largest absolute Gasteiger partial charge is 0.488 e. The molecule has 0 amide bonds. The van der Waals surface area contributed by atoms with Gasteiger partial charge in [0.25, 0.3) is 0 Å². The van der Waals surface area contributed by atoms with E-state index in [1.807, 2.05) is 79.1 Å². The highest BCUT2D eigenvalue weighted by atomic mass is 79.9. The summed E-state index contributed by atoms with van der Waals surface area (Å²) in [5.41, 5.74) is 3.92. The molecule has 4 aromatic carbocycles. The zero-order valence-corrected chi connectivity index (χ0v) is 23.3. The quantitative estimate of drug-likeness (QED) is 0.101. The fourth-order valence-corrected chi connectivity index (χ4v) is 6.04. The molecule has 0 unspecified atom stereocenters. The monoisotopic (exact) mass is 588 g/mol. The Morgan fingerprint density at radius 2 is 1.79 bits per heavy atom. The molecule has 0 fully saturated rings. The molecular weight excluding hydrogens is 564 g/mol. The van der Waals surface area contributed by atoms with Crippen molar-refractivity contribution in [3.8, 4) is 11.4 Å². The van der Waals surface area contributed by atoms with Crippen molar-refractivity contribution in [1.29, 1.82) is 0 Å². The van der Waals surface area contributed by atoms with Gasteiger partial charge in [0.05, 0.1) is 4.47 Å². The van der Waals surface area contributed by atoms with Crippen molar-refractivity contribution in [2.75, 3.05) is 6.54 Å². The van der Waals surface area contributed by atoms with Crippen LogP contribution in [0.15, 0.2) is 94.6 Å². The molecule has 1 atom stereocenters. The van der Waals surface area contributed by atoms with E-state index in [0.717, 1.165) is 43.4 Å². The van der Waals surface area contributed by atoms with Crippen LogP contribution in [0.5, 0.6) is 5.75 Å². The lowest BCUT2D eigenvalue weighted by Gasteiger charge is -2.16. The van der Waals surface area contributed by atoms with Gasteiger partial charge in [-0.1, -0.05) is 72.4 Å². The Hall–Kier alpha value is -3.69. The van der Waals surface area contributed by atoms with Crippen LogP contribution in [-0.4, -0.2) is 26.2 Å². The average Bonchev–Trinajstić information content (AvgIpc) is 3.27. The van der Waals surface area contributed by atoms with Crippen LogP contribution in [0.1, 0.15) is 27.8 Å². The summed E-state index contributed by atoms with van der Waals surface area (Å²) in [5.74, 6) is 1.39. The number of aromatic nitrogens is 3. The minimum Gasteiger partial charge on any atom is -0.488 e. The van der Waals surface area contributed by atoms with E-state index in [9.17, 15) is 10.1 Å². The minimum atomic E-state index is -0.472. The summed E-state index contributed by atoms with van der Waals surface area (Å²) in [4.78, 5) is 11.3. The first-order valence-corrected chi connectivity index (χ1v) is 13.7. The molecule has 0 N–H and O–H groups in total. The summed E-state index contributed by atoms with van der Waals surface area (Å²) < 4.78 is 8.81. The first-order valence-electron chi connectivity index (χ1n) is 12.1. The van der Waals surface area contributed by atoms with E-state index in [2.05, 4.69) is 50.4 Å². The highest BCUT2D eigenvalue weighted by Crippen LogP contribution is 2.39. The molecule has 0 saturated carbocycles. The fourth-order valence-electron chi connectivity index (χ4n) is 4.37. The van der Waals surface area contributed by atoms with E-state index in [4.69, 9.17) is 4.74 Å². The molecule has 1 heterocycles. The van der Waals surface area contributed by atoms with E-state index in [1.165, 1.54) is 11.8 Å². The molecule has 5 aromatic rings. The highest BCUT2D eigenvalue weighted by Gasteiger charge is 2.24. The summed E-state index contributed by atoms with van der Waals surface area (Å²) in [5, 5.41) is 22.6. The molecular formula is C29H25BrN4O3S. The predicted octanol–water partition coefficient (Wildman–Crippen LogP) is 7.49. The number of hydrogen-bond acceptors (Lipinski definition) is 6. The van der Waals surface area contributed by atoms with Gasteiger partial charge < -0.3 is 4.74 Å². The zero-order chi connectivity index (χ0) is 26.6.